The Morgan fingerprint density at radius 1 is 1.15 bits per heavy atom. The first kappa shape index (κ1) is 24.3. The quantitative estimate of drug-likeness (QED) is 0.415. The van der Waals surface area contributed by atoms with Crippen molar-refractivity contribution in [2.75, 3.05) is 19.0 Å². The summed E-state index contributed by atoms with van der Waals surface area (Å²) in [6.07, 6.45) is 2.19. The molecule has 3 aromatic rings. The van der Waals surface area contributed by atoms with Crippen LogP contribution in [0.2, 0.25) is 0 Å². The molecule has 0 saturated carbocycles. The summed E-state index contributed by atoms with van der Waals surface area (Å²) in [5, 5.41) is 12.3. The van der Waals surface area contributed by atoms with Gasteiger partial charge in [-0.15, -0.1) is 10.2 Å². The van der Waals surface area contributed by atoms with Crippen LogP contribution in [0, 0.1) is 0 Å². The molecule has 2 atom stereocenters. The number of benzene rings is 2. The molecular formula is C26H32N4O3S. The van der Waals surface area contributed by atoms with E-state index in [4.69, 9.17) is 9.47 Å². The zero-order valence-corrected chi connectivity index (χ0v) is 21.0. The van der Waals surface area contributed by atoms with Gasteiger partial charge in [0.1, 0.15) is 5.75 Å². The third-order valence-electron chi connectivity index (χ3n) is 5.97. The molecule has 1 fully saturated rings. The van der Waals surface area contributed by atoms with Gasteiger partial charge in [-0.3, -0.25) is 9.36 Å². The number of rotatable bonds is 9. The largest absolute Gasteiger partial charge is 0.497 e. The molecule has 180 valence electrons. The summed E-state index contributed by atoms with van der Waals surface area (Å²) in [6, 6.07) is 15.8. The molecule has 0 radical (unpaired) electrons. The summed E-state index contributed by atoms with van der Waals surface area (Å²) < 4.78 is 13.2. The second-order valence-electron chi connectivity index (χ2n) is 8.81. The average Bonchev–Trinajstić information content (AvgIpc) is 3.50. The molecule has 1 aliphatic rings. The van der Waals surface area contributed by atoms with Gasteiger partial charge in [0.05, 0.1) is 25.0 Å². The summed E-state index contributed by atoms with van der Waals surface area (Å²) in [5.41, 5.74) is 2.98. The fraction of sp³-hybridized carbons (Fsp3) is 0.423. The van der Waals surface area contributed by atoms with Gasteiger partial charge in [0.15, 0.2) is 11.0 Å². The molecule has 1 N–H and O–H groups in total. The molecule has 1 saturated heterocycles. The number of amides is 1. The Bertz CT molecular complexity index is 1090. The van der Waals surface area contributed by atoms with E-state index >= 15 is 0 Å². The third-order valence-corrected chi connectivity index (χ3v) is 7.05. The number of nitrogens with zero attached hydrogens (tertiary/aromatic N) is 3. The number of hydrogen-bond acceptors (Lipinski definition) is 6. The predicted octanol–water partition coefficient (Wildman–Crippen LogP) is 5.38. The Balaban J connectivity index is 1.51. The lowest BCUT2D eigenvalue weighted by atomic mass is 10.0. The van der Waals surface area contributed by atoms with Crippen LogP contribution in [0.5, 0.6) is 5.75 Å². The van der Waals surface area contributed by atoms with Gasteiger partial charge in [-0.05, 0) is 67.6 Å². The molecule has 2 aromatic carbocycles. The number of nitrogens with one attached hydrogen (secondary N) is 1. The summed E-state index contributed by atoms with van der Waals surface area (Å²) in [5.74, 6) is 1.93. The van der Waals surface area contributed by atoms with Crippen LogP contribution in [0.15, 0.2) is 53.7 Å². The number of carbonyl (C=O) groups excluding carboxylic acids is 1. The van der Waals surface area contributed by atoms with Crippen molar-refractivity contribution in [2.45, 2.75) is 62.6 Å². The highest BCUT2D eigenvalue weighted by molar-refractivity contribution is 8.00. The number of hydrogen-bond donors (Lipinski definition) is 1. The Kier molecular flexibility index (Phi) is 7.90. The molecule has 4 rings (SSSR count). The molecule has 1 aromatic heterocycles. The Morgan fingerprint density at radius 2 is 1.88 bits per heavy atom. The molecule has 1 amide bonds. The van der Waals surface area contributed by atoms with Gasteiger partial charge in [-0.25, -0.2) is 0 Å². The predicted molar refractivity (Wildman–Crippen MR) is 135 cm³/mol. The van der Waals surface area contributed by atoms with E-state index in [2.05, 4.69) is 46.1 Å². The van der Waals surface area contributed by atoms with E-state index in [0.29, 0.717) is 17.6 Å². The van der Waals surface area contributed by atoms with Gasteiger partial charge >= 0.3 is 0 Å². The average molecular weight is 481 g/mol. The summed E-state index contributed by atoms with van der Waals surface area (Å²) in [4.78, 5) is 12.9. The van der Waals surface area contributed by atoms with Crippen molar-refractivity contribution in [2.24, 2.45) is 0 Å². The topological polar surface area (TPSA) is 78.3 Å². The standard InChI is InChI=1S/C26H32N4O3S/c1-17(2)19-7-11-21(12-8-19)27-25(31)18(3)34-26-29-28-24(20-9-13-22(32-4)14-10-20)30(26)16-23-6-5-15-33-23/h7-14,17-18,23H,5-6,15-16H2,1-4H3,(H,27,31)/t18-,23-/m0/s1. The highest BCUT2D eigenvalue weighted by Crippen LogP contribution is 2.30. The molecule has 2 heterocycles. The van der Waals surface area contributed by atoms with Gasteiger partial charge in [0.25, 0.3) is 0 Å². The number of carbonyl (C=O) groups is 1. The highest BCUT2D eigenvalue weighted by atomic mass is 32.2. The van der Waals surface area contributed by atoms with Crippen LogP contribution in [-0.2, 0) is 16.1 Å². The summed E-state index contributed by atoms with van der Waals surface area (Å²) in [6.45, 7) is 7.63. The maximum atomic E-state index is 12.9. The third kappa shape index (κ3) is 5.80. The fourth-order valence-corrected chi connectivity index (χ4v) is 4.75. The highest BCUT2D eigenvalue weighted by Gasteiger charge is 2.24. The van der Waals surface area contributed by atoms with E-state index in [9.17, 15) is 4.79 Å². The molecule has 34 heavy (non-hydrogen) atoms. The minimum Gasteiger partial charge on any atom is -0.497 e. The van der Waals surface area contributed by atoms with Crippen molar-refractivity contribution in [1.82, 2.24) is 14.8 Å². The Labute approximate surface area is 205 Å². The van der Waals surface area contributed by atoms with Crippen molar-refractivity contribution in [3.8, 4) is 17.1 Å². The van der Waals surface area contributed by atoms with Crippen molar-refractivity contribution in [1.29, 1.82) is 0 Å². The normalized spacial score (nSPS) is 16.6. The van der Waals surface area contributed by atoms with Crippen LogP contribution >= 0.6 is 11.8 Å². The Hall–Kier alpha value is -2.84. The zero-order valence-electron chi connectivity index (χ0n) is 20.2. The van der Waals surface area contributed by atoms with E-state index in [-0.39, 0.29) is 17.3 Å². The minimum absolute atomic E-state index is 0.0695. The molecule has 0 bridgehead atoms. The van der Waals surface area contributed by atoms with Gasteiger partial charge < -0.3 is 14.8 Å². The lowest BCUT2D eigenvalue weighted by Crippen LogP contribution is -2.23. The molecule has 7 nitrogen and oxygen atoms in total. The van der Waals surface area contributed by atoms with Gasteiger partial charge in [0, 0.05) is 17.9 Å². The first-order valence-electron chi connectivity index (χ1n) is 11.7. The maximum Gasteiger partial charge on any atom is 0.237 e. The number of aromatic nitrogens is 3. The van der Waals surface area contributed by atoms with Crippen LogP contribution in [0.4, 0.5) is 5.69 Å². The SMILES string of the molecule is COc1ccc(-c2nnc(S[C@@H](C)C(=O)Nc3ccc(C(C)C)cc3)n2C[C@@H]2CCCO2)cc1. The summed E-state index contributed by atoms with van der Waals surface area (Å²) >= 11 is 1.41. The van der Waals surface area contributed by atoms with E-state index in [1.54, 1.807) is 7.11 Å². The minimum atomic E-state index is -0.346. The molecular weight excluding hydrogens is 448 g/mol. The maximum absolute atomic E-state index is 12.9. The number of ether oxygens (including phenoxy) is 2. The molecule has 0 unspecified atom stereocenters. The van der Waals surface area contributed by atoms with Gasteiger partial charge in [-0.1, -0.05) is 37.7 Å². The van der Waals surface area contributed by atoms with E-state index in [1.165, 1.54) is 17.3 Å². The lowest BCUT2D eigenvalue weighted by molar-refractivity contribution is -0.115. The van der Waals surface area contributed by atoms with Crippen molar-refractivity contribution in [3.63, 3.8) is 0 Å². The van der Waals surface area contributed by atoms with Crippen molar-refractivity contribution >= 4 is 23.4 Å². The fourth-order valence-electron chi connectivity index (χ4n) is 3.89. The number of methoxy groups -OCH3 is 1. The zero-order chi connectivity index (χ0) is 24.1. The smallest absolute Gasteiger partial charge is 0.237 e. The van der Waals surface area contributed by atoms with Crippen molar-refractivity contribution in [3.05, 3.63) is 54.1 Å². The molecule has 8 heteroatoms. The lowest BCUT2D eigenvalue weighted by Gasteiger charge is -2.17. The van der Waals surface area contributed by atoms with E-state index < -0.39 is 0 Å². The second kappa shape index (κ2) is 11.1. The van der Waals surface area contributed by atoms with Crippen LogP contribution in [0.25, 0.3) is 11.4 Å². The monoisotopic (exact) mass is 480 g/mol. The van der Waals surface area contributed by atoms with E-state index in [1.807, 2.05) is 43.3 Å². The number of anilines is 1. The van der Waals surface area contributed by atoms with Gasteiger partial charge in [-0.2, -0.15) is 0 Å². The van der Waals surface area contributed by atoms with Crippen LogP contribution < -0.4 is 10.1 Å². The van der Waals surface area contributed by atoms with Crippen LogP contribution in [-0.4, -0.2) is 45.7 Å². The van der Waals surface area contributed by atoms with E-state index in [0.717, 1.165) is 42.3 Å². The number of thioether (sulfide) groups is 1. The Morgan fingerprint density at radius 3 is 2.50 bits per heavy atom. The molecule has 0 spiro atoms. The van der Waals surface area contributed by atoms with Gasteiger partial charge in [0.2, 0.25) is 5.91 Å². The molecule has 1 aliphatic heterocycles. The van der Waals surface area contributed by atoms with Crippen molar-refractivity contribution < 1.29 is 14.3 Å². The summed E-state index contributed by atoms with van der Waals surface area (Å²) in [7, 11) is 1.65. The van der Waals surface area contributed by atoms with Crippen LogP contribution in [0.3, 0.4) is 0 Å². The first-order chi connectivity index (χ1) is 16.4. The second-order valence-corrected chi connectivity index (χ2v) is 10.1. The molecule has 0 aliphatic carbocycles. The first-order valence-corrected chi connectivity index (χ1v) is 12.6. The van der Waals surface area contributed by atoms with Crippen LogP contribution in [0.1, 0.15) is 45.1 Å².